The van der Waals surface area contributed by atoms with Gasteiger partial charge < -0.3 is 4.90 Å². The van der Waals surface area contributed by atoms with E-state index in [1.165, 1.54) is 10.8 Å². The predicted octanol–water partition coefficient (Wildman–Crippen LogP) is 0.985. The summed E-state index contributed by atoms with van der Waals surface area (Å²) in [6.07, 6.45) is 5.25. The van der Waals surface area contributed by atoms with Crippen molar-refractivity contribution in [2.75, 3.05) is 6.54 Å². The fourth-order valence-electron chi connectivity index (χ4n) is 3.50. The van der Waals surface area contributed by atoms with Crippen molar-refractivity contribution >= 4 is 11.6 Å². The van der Waals surface area contributed by atoms with Gasteiger partial charge in [-0.2, -0.15) is 5.10 Å². The van der Waals surface area contributed by atoms with Gasteiger partial charge in [-0.05, 0) is 26.7 Å². The molecular weight excluding hydrogens is 334 g/mol. The first-order valence-electron chi connectivity index (χ1n) is 8.75. The van der Waals surface area contributed by atoms with Crippen LogP contribution >= 0.6 is 0 Å². The van der Waals surface area contributed by atoms with Crippen molar-refractivity contribution < 1.29 is 4.79 Å². The molecule has 1 N–H and O–H groups in total. The summed E-state index contributed by atoms with van der Waals surface area (Å²) in [5.74, 6) is 0.0781. The van der Waals surface area contributed by atoms with E-state index in [9.17, 15) is 9.59 Å². The summed E-state index contributed by atoms with van der Waals surface area (Å²) in [5.41, 5.74) is 2.71. The lowest BCUT2D eigenvalue weighted by Crippen LogP contribution is -2.31. The van der Waals surface area contributed by atoms with Crippen LogP contribution in [0.4, 0.5) is 0 Å². The van der Waals surface area contributed by atoms with Gasteiger partial charge in [0.25, 0.3) is 5.56 Å². The lowest BCUT2D eigenvalue weighted by atomic mass is 10.1. The SMILES string of the molecule is Cc1nc2cc([C@H]3CCCN3C(=O)CCn3cncn3)[nH]n2c(=O)c1C. The summed E-state index contributed by atoms with van der Waals surface area (Å²) in [4.78, 5) is 35.4. The molecule has 1 atom stereocenters. The molecule has 1 amide bonds. The Hall–Kier alpha value is -2.97. The van der Waals surface area contributed by atoms with Crippen molar-refractivity contribution in [3.63, 3.8) is 0 Å². The summed E-state index contributed by atoms with van der Waals surface area (Å²) < 4.78 is 3.12. The first kappa shape index (κ1) is 16.5. The zero-order chi connectivity index (χ0) is 18.3. The van der Waals surface area contributed by atoms with Crippen LogP contribution in [0.3, 0.4) is 0 Å². The van der Waals surface area contributed by atoms with E-state index in [4.69, 9.17) is 0 Å². The highest BCUT2D eigenvalue weighted by atomic mass is 16.2. The van der Waals surface area contributed by atoms with Crippen LogP contribution in [0.1, 0.15) is 42.3 Å². The van der Waals surface area contributed by atoms with Crippen LogP contribution in [0, 0.1) is 13.8 Å². The van der Waals surface area contributed by atoms with E-state index in [1.54, 1.807) is 17.9 Å². The van der Waals surface area contributed by atoms with Gasteiger partial charge in [0.2, 0.25) is 5.91 Å². The topological polar surface area (TPSA) is 101 Å². The summed E-state index contributed by atoms with van der Waals surface area (Å²) in [7, 11) is 0. The van der Waals surface area contributed by atoms with Crippen LogP contribution in [-0.2, 0) is 11.3 Å². The van der Waals surface area contributed by atoms with E-state index in [0.29, 0.717) is 24.2 Å². The smallest absolute Gasteiger partial charge is 0.275 e. The number of amides is 1. The summed E-state index contributed by atoms with van der Waals surface area (Å²) in [6.45, 7) is 4.83. The third-order valence-electron chi connectivity index (χ3n) is 5.06. The molecular formula is C17H21N7O2. The van der Waals surface area contributed by atoms with Crippen molar-refractivity contribution in [1.82, 2.24) is 34.3 Å². The number of nitrogens with zero attached hydrogens (tertiary/aromatic N) is 6. The van der Waals surface area contributed by atoms with Gasteiger partial charge in [0.1, 0.15) is 12.7 Å². The highest BCUT2D eigenvalue weighted by molar-refractivity contribution is 5.77. The molecule has 0 bridgehead atoms. The van der Waals surface area contributed by atoms with E-state index in [1.807, 2.05) is 17.9 Å². The van der Waals surface area contributed by atoms with Gasteiger partial charge >= 0.3 is 0 Å². The minimum Gasteiger partial charge on any atom is -0.334 e. The molecule has 9 nitrogen and oxygen atoms in total. The van der Waals surface area contributed by atoms with Gasteiger partial charge in [-0.3, -0.25) is 19.4 Å². The Morgan fingerprint density at radius 1 is 1.38 bits per heavy atom. The first-order chi connectivity index (χ1) is 12.5. The highest BCUT2D eigenvalue weighted by Gasteiger charge is 2.31. The van der Waals surface area contributed by atoms with Gasteiger partial charge in [0.05, 0.1) is 18.3 Å². The maximum atomic E-state index is 12.7. The Balaban J connectivity index is 1.58. The molecule has 26 heavy (non-hydrogen) atoms. The molecule has 3 aromatic heterocycles. The number of hydrogen-bond donors (Lipinski definition) is 1. The maximum absolute atomic E-state index is 12.7. The van der Waals surface area contributed by atoms with Gasteiger partial charge in [-0.25, -0.2) is 14.5 Å². The monoisotopic (exact) mass is 355 g/mol. The third-order valence-corrected chi connectivity index (χ3v) is 5.06. The molecule has 1 aliphatic rings. The minimum atomic E-state index is -0.0965. The molecule has 136 valence electrons. The Morgan fingerprint density at radius 2 is 2.23 bits per heavy atom. The van der Waals surface area contributed by atoms with Crippen LogP contribution in [-0.4, -0.2) is 46.7 Å². The van der Waals surface area contributed by atoms with Gasteiger partial charge in [-0.15, -0.1) is 0 Å². The molecule has 4 heterocycles. The number of aromatic amines is 1. The third kappa shape index (κ3) is 2.79. The molecule has 4 rings (SSSR count). The molecule has 0 radical (unpaired) electrons. The Morgan fingerprint density at radius 3 is 3.00 bits per heavy atom. The van der Waals surface area contributed by atoms with Crippen molar-refractivity contribution in [2.24, 2.45) is 0 Å². The maximum Gasteiger partial charge on any atom is 0.275 e. The zero-order valence-corrected chi connectivity index (χ0v) is 14.8. The number of rotatable bonds is 4. The zero-order valence-electron chi connectivity index (χ0n) is 14.8. The Kier molecular flexibility index (Phi) is 4.06. The number of H-pyrrole nitrogens is 1. The molecule has 0 aliphatic carbocycles. The number of aryl methyl sites for hydroxylation is 2. The number of nitrogens with one attached hydrogen (secondary N) is 1. The van der Waals surface area contributed by atoms with E-state index >= 15 is 0 Å². The number of hydrogen-bond acceptors (Lipinski definition) is 5. The minimum absolute atomic E-state index is 0.0556. The van der Waals surface area contributed by atoms with Gasteiger partial charge in [-0.1, -0.05) is 0 Å². The average Bonchev–Trinajstić information content (AvgIpc) is 3.36. The van der Waals surface area contributed by atoms with Crippen molar-refractivity contribution in [3.05, 3.63) is 46.0 Å². The fourth-order valence-corrected chi connectivity index (χ4v) is 3.50. The van der Waals surface area contributed by atoms with E-state index in [-0.39, 0.29) is 17.5 Å². The van der Waals surface area contributed by atoms with Crippen molar-refractivity contribution in [3.8, 4) is 0 Å². The first-order valence-corrected chi connectivity index (χ1v) is 8.75. The average molecular weight is 355 g/mol. The molecule has 0 unspecified atom stereocenters. The highest BCUT2D eigenvalue weighted by Crippen LogP contribution is 2.31. The standard InChI is InChI=1S/C17H21N7O2/c1-11-12(2)20-15-8-13(21-24(15)17(11)26)14-4-3-6-23(14)16(25)5-7-22-10-18-9-19-22/h8-10,14,21H,3-7H2,1-2H3/t14-/m1/s1. The summed E-state index contributed by atoms with van der Waals surface area (Å²) >= 11 is 0. The van der Waals surface area contributed by atoms with Gasteiger partial charge in [0.15, 0.2) is 5.65 Å². The van der Waals surface area contributed by atoms with Crippen LogP contribution in [0.25, 0.3) is 5.65 Å². The molecule has 1 fully saturated rings. The predicted molar refractivity (Wildman–Crippen MR) is 93.6 cm³/mol. The van der Waals surface area contributed by atoms with E-state index in [0.717, 1.165) is 30.8 Å². The van der Waals surface area contributed by atoms with Crippen LogP contribution in [0.5, 0.6) is 0 Å². The molecule has 3 aromatic rings. The Bertz CT molecular complexity index is 1000. The second-order valence-electron chi connectivity index (χ2n) is 6.69. The molecule has 9 heteroatoms. The molecule has 0 spiro atoms. The molecule has 0 aromatic carbocycles. The fraction of sp³-hybridized carbons (Fsp3) is 0.471. The largest absolute Gasteiger partial charge is 0.334 e. The summed E-state index contributed by atoms with van der Waals surface area (Å²) in [6, 6.07) is 1.82. The van der Waals surface area contributed by atoms with Crippen molar-refractivity contribution in [1.29, 1.82) is 0 Å². The Labute approximate surface area is 149 Å². The number of aromatic nitrogens is 6. The van der Waals surface area contributed by atoms with Crippen LogP contribution in [0.2, 0.25) is 0 Å². The second kappa shape index (κ2) is 6.40. The van der Waals surface area contributed by atoms with Gasteiger partial charge in [0, 0.05) is 30.3 Å². The second-order valence-corrected chi connectivity index (χ2v) is 6.69. The van der Waals surface area contributed by atoms with Crippen LogP contribution < -0.4 is 5.56 Å². The summed E-state index contributed by atoms with van der Waals surface area (Å²) in [5, 5.41) is 7.18. The molecule has 1 aliphatic heterocycles. The van der Waals surface area contributed by atoms with E-state index in [2.05, 4.69) is 20.2 Å². The number of fused-ring (bicyclic) bond motifs is 1. The lowest BCUT2D eigenvalue weighted by molar-refractivity contribution is -0.132. The number of carbonyl (C=O) groups excluding carboxylic acids is 1. The normalized spacial score (nSPS) is 17.3. The van der Waals surface area contributed by atoms with Crippen LogP contribution in [0.15, 0.2) is 23.5 Å². The molecule has 1 saturated heterocycles. The quantitative estimate of drug-likeness (QED) is 0.752. The number of carbonyl (C=O) groups is 1. The molecule has 0 saturated carbocycles. The lowest BCUT2D eigenvalue weighted by Gasteiger charge is -2.23. The van der Waals surface area contributed by atoms with E-state index < -0.39 is 0 Å². The number of likely N-dealkylation sites (tertiary alicyclic amines) is 1. The van der Waals surface area contributed by atoms with Crippen molar-refractivity contribution in [2.45, 2.75) is 45.7 Å².